The molecule has 1 unspecified atom stereocenters. The molecule has 0 fully saturated rings. The average molecular weight is 423 g/mol. The van der Waals surface area contributed by atoms with Gasteiger partial charge in [0, 0.05) is 0 Å². The summed E-state index contributed by atoms with van der Waals surface area (Å²) in [4.78, 5) is 19.2. The van der Waals surface area contributed by atoms with Crippen LogP contribution in [0.25, 0.3) is 27.7 Å². The van der Waals surface area contributed by atoms with Gasteiger partial charge < -0.3 is 23.1 Å². The molecule has 0 amide bonds. The van der Waals surface area contributed by atoms with Gasteiger partial charge in [0.25, 0.3) is 0 Å². The van der Waals surface area contributed by atoms with Gasteiger partial charge in [-0.15, -0.1) is 5.48 Å². The number of hydrogen-bond acceptors (Lipinski definition) is 7. The summed E-state index contributed by atoms with van der Waals surface area (Å²) in [6, 6.07) is 7.38. The Balaban J connectivity index is 1.74. The molecule has 0 bridgehead atoms. The highest BCUT2D eigenvalue weighted by Crippen LogP contribution is 2.43. The molecule has 8 heteroatoms. The van der Waals surface area contributed by atoms with Crippen molar-refractivity contribution in [1.82, 2.24) is 5.48 Å². The summed E-state index contributed by atoms with van der Waals surface area (Å²) in [5, 5.41) is 0.821. The predicted molar refractivity (Wildman–Crippen MR) is 111 cm³/mol. The van der Waals surface area contributed by atoms with Crippen LogP contribution >= 0.6 is 0 Å². The normalized spacial score (nSPS) is 15.9. The minimum absolute atomic E-state index is 0.226. The van der Waals surface area contributed by atoms with Crippen LogP contribution in [0.15, 0.2) is 56.3 Å². The van der Waals surface area contributed by atoms with Crippen molar-refractivity contribution in [3.63, 3.8) is 0 Å². The van der Waals surface area contributed by atoms with Crippen LogP contribution < -0.4 is 20.4 Å². The van der Waals surface area contributed by atoms with Crippen LogP contribution in [0.5, 0.6) is 11.5 Å². The Hall–Kier alpha value is -3.78. The lowest BCUT2D eigenvalue weighted by molar-refractivity contribution is 0.161. The minimum Gasteiger partial charge on any atom is -0.495 e. The maximum Gasteiger partial charge on any atom is 0.207 e. The van der Waals surface area contributed by atoms with Crippen molar-refractivity contribution in [2.24, 2.45) is 0 Å². The van der Waals surface area contributed by atoms with Crippen LogP contribution in [0.2, 0.25) is 0 Å². The molecule has 0 spiro atoms. The predicted octanol–water partition coefficient (Wildman–Crippen LogP) is 4.62. The standard InChI is InChI=1S/C23H18FNO6/c1-11-17(16-10-15(25-31-16)12-4-6-13(24)7-5-12)19(26)18-20(27-2)14-8-9-29-21(14)23(28-3)22(18)30-11/h4-10,15,25H,1-3H3. The lowest BCUT2D eigenvalue weighted by Gasteiger charge is -2.13. The zero-order chi connectivity index (χ0) is 21.7. The lowest BCUT2D eigenvalue weighted by Crippen LogP contribution is -2.15. The number of benzene rings is 2. The molecule has 1 N–H and O–H groups in total. The van der Waals surface area contributed by atoms with Crippen molar-refractivity contribution in [2.75, 3.05) is 14.2 Å². The molecular weight excluding hydrogens is 405 g/mol. The van der Waals surface area contributed by atoms with E-state index in [1.54, 1.807) is 31.2 Å². The Morgan fingerprint density at radius 2 is 1.77 bits per heavy atom. The maximum absolute atomic E-state index is 13.6. The monoisotopic (exact) mass is 423 g/mol. The fourth-order valence-corrected chi connectivity index (χ4v) is 3.91. The third-order valence-electron chi connectivity index (χ3n) is 5.34. The van der Waals surface area contributed by atoms with Gasteiger partial charge in [0.1, 0.15) is 28.3 Å². The summed E-state index contributed by atoms with van der Waals surface area (Å²) >= 11 is 0. The fraction of sp³-hybridized carbons (Fsp3) is 0.174. The van der Waals surface area contributed by atoms with E-state index in [1.807, 2.05) is 0 Å². The van der Waals surface area contributed by atoms with Crippen LogP contribution in [0.4, 0.5) is 4.39 Å². The average Bonchev–Trinajstić information content (AvgIpc) is 3.43. The summed E-state index contributed by atoms with van der Waals surface area (Å²) in [5.74, 6) is 0.971. The van der Waals surface area contributed by atoms with E-state index in [1.165, 1.54) is 32.6 Å². The van der Waals surface area contributed by atoms with E-state index in [4.69, 9.17) is 23.1 Å². The van der Waals surface area contributed by atoms with E-state index in [0.29, 0.717) is 34.0 Å². The van der Waals surface area contributed by atoms with Gasteiger partial charge >= 0.3 is 0 Å². The van der Waals surface area contributed by atoms with E-state index >= 15 is 0 Å². The molecule has 7 nitrogen and oxygen atoms in total. The number of furan rings is 1. The second-order valence-electron chi connectivity index (χ2n) is 7.08. The lowest BCUT2D eigenvalue weighted by atomic mass is 10.0. The highest BCUT2D eigenvalue weighted by Gasteiger charge is 2.29. The summed E-state index contributed by atoms with van der Waals surface area (Å²) in [6.45, 7) is 1.67. The largest absolute Gasteiger partial charge is 0.495 e. The van der Waals surface area contributed by atoms with Crippen molar-refractivity contribution in [3.8, 4) is 11.5 Å². The molecule has 0 aliphatic carbocycles. The third-order valence-corrected chi connectivity index (χ3v) is 5.34. The zero-order valence-corrected chi connectivity index (χ0v) is 16.9. The van der Waals surface area contributed by atoms with E-state index in [9.17, 15) is 9.18 Å². The number of hydroxylamine groups is 1. The zero-order valence-electron chi connectivity index (χ0n) is 16.9. The molecule has 5 rings (SSSR count). The molecular formula is C23H18FNO6. The van der Waals surface area contributed by atoms with Crippen LogP contribution in [-0.4, -0.2) is 14.2 Å². The van der Waals surface area contributed by atoms with Gasteiger partial charge in [0.2, 0.25) is 11.2 Å². The molecule has 31 heavy (non-hydrogen) atoms. The van der Waals surface area contributed by atoms with Crippen LogP contribution in [0.1, 0.15) is 22.9 Å². The molecule has 0 saturated carbocycles. The summed E-state index contributed by atoms with van der Waals surface area (Å²) in [6.07, 6.45) is 3.24. The topological polar surface area (TPSA) is 83.1 Å². The summed E-state index contributed by atoms with van der Waals surface area (Å²) in [7, 11) is 2.95. The number of ether oxygens (including phenoxy) is 2. The van der Waals surface area contributed by atoms with Gasteiger partial charge in [-0.05, 0) is 36.8 Å². The SMILES string of the molecule is COc1c2occc2c(OC)c2c(=O)c(C3=CC(c4ccc(F)cc4)NO3)c(C)oc12. The quantitative estimate of drug-likeness (QED) is 0.513. The number of aryl methyl sites for hydroxylation is 1. The second-order valence-corrected chi connectivity index (χ2v) is 7.08. The Labute approximate surface area is 175 Å². The Morgan fingerprint density at radius 1 is 1.03 bits per heavy atom. The maximum atomic E-state index is 13.6. The van der Waals surface area contributed by atoms with Gasteiger partial charge in [-0.1, -0.05) is 12.1 Å². The molecule has 1 atom stereocenters. The van der Waals surface area contributed by atoms with E-state index < -0.39 is 0 Å². The number of nitrogens with one attached hydrogen (secondary N) is 1. The molecule has 0 saturated heterocycles. The molecule has 0 radical (unpaired) electrons. The van der Waals surface area contributed by atoms with Crippen LogP contribution in [0.3, 0.4) is 0 Å². The van der Waals surface area contributed by atoms with E-state index in [-0.39, 0.29) is 33.8 Å². The van der Waals surface area contributed by atoms with Crippen molar-refractivity contribution in [2.45, 2.75) is 13.0 Å². The molecule has 2 aromatic heterocycles. The van der Waals surface area contributed by atoms with Crippen LogP contribution in [-0.2, 0) is 4.84 Å². The molecule has 2 aromatic carbocycles. The first kappa shape index (κ1) is 19.2. The number of fused-ring (bicyclic) bond motifs is 2. The summed E-state index contributed by atoms with van der Waals surface area (Å²) < 4.78 is 35.8. The fourth-order valence-electron chi connectivity index (χ4n) is 3.91. The minimum atomic E-state index is -0.349. The van der Waals surface area contributed by atoms with Crippen molar-refractivity contribution < 1.29 is 27.5 Å². The Morgan fingerprint density at radius 3 is 2.48 bits per heavy atom. The number of methoxy groups -OCH3 is 2. The molecule has 3 heterocycles. The van der Waals surface area contributed by atoms with E-state index in [2.05, 4.69) is 5.48 Å². The number of rotatable bonds is 4. The molecule has 158 valence electrons. The number of hydrogen-bond donors (Lipinski definition) is 1. The van der Waals surface area contributed by atoms with E-state index in [0.717, 1.165) is 5.56 Å². The second kappa shape index (κ2) is 7.17. The van der Waals surface area contributed by atoms with Crippen molar-refractivity contribution in [1.29, 1.82) is 0 Å². The third kappa shape index (κ3) is 2.87. The molecule has 1 aliphatic rings. The molecule has 1 aliphatic heterocycles. The smallest absolute Gasteiger partial charge is 0.207 e. The highest BCUT2D eigenvalue weighted by atomic mass is 19.1. The van der Waals surface area contributed by atoms with Gasteiger partial charge in [-0.3, -0.25) is 4.79 Å². The Bertz CT molecular complexity index is 1400. The van der Waals surface area contributed by atoms with Gasteiger partial charge in [0.05, 0.1) is 31.9 Å². The van der Waals surface area contributed by atoms with Crippen LogP contribution in [0, 0.1) is 12.7 Å². The van der Waals surface area contributed by atoms with Crippen molar-refractivity contribution in [3.05, 3.63) is 75.6 Å². The Kier molecular flexibility index (Phi) is 4.44. The first-order valence-electron chi connectivity index (χ1n) is 9.52. The summed E-state index contributed by atoms with van der Waals surface area (Å²) in [5.41, 5.74) is 4.23. The molecule has 4 aromatic rings. The van der Waals surface area contributed by atoms with Gasteiger partial charge in [0.15, 0.2) is 16.9 Å². The van der Waals surface area contributed by atoms with Crippen molar-refractivity contribution >= 4 is 27.7 Å². The highest BCUT2D eigenvalue weighted by molar-refractivity contribution is 6.07. The van der Waals surface area contributed by atoms with Gasteiger partial charge in [-0.25, -0.2) is 4.39 Å². The van der Waals surface area contributed by atoms with Gasteiger partial charge in [-0.2, -0.15) is 0 Å². The first-order valence-corrected chi connectivity index (χ1v) is 9.52. The first-order chi connectivity index (χ1) is 15.0. The number of halogens is 1.